The second-order valence-electron chi connectivity index (χ2n) is 8.40. The Kier molecular flexibility index (Phi) is 7.24. The lowest BCUT2D eigenvalue weighted by atomic mass is 9.89. The Labute approximate surface area is 162 Å². The van der Waals surface area contributed by atoms with Gasteiger partial charge < -0.3 is 19.5 Å². The lowest BCUT2D eigenvalue weighted by molar-refractivity contribution is -0.125. The van der Waals surface area contributed by atoms with E-state index in [1.807, 2.05) is 0 Å². The monoisotopic (exact) mass is 377 g/mol. The van der Waals surface area contributed by atoms with E-state index >= 15 is 0 Å². The minimum atomic E-state index is -0.140. The number of carbonyl (C=O) groups is 1. The van der Waals surface area contributed by atoms with E-state index in [0.717, 1.165) is 43.6 Å². The van der Waals surface area contributed by atoms with Crippen LogP contribution in [0.25, 0.3) is 0 Å². The average Bonchev–Trinajstić information content (AvgIpc) is 2.94. The second kappa shape index (κ2) is 9.64. The van der Waals surface area contributed by atoms with Crippen LogP contribution in [0.15, 0.2) is 0 Å². The smallest absolute Gasteiger partial charge is 0.246 e. The maximum absolute atomic E-state index is 12.1. The van der Waals surface area contributed by atoms with Gasteiger partial charge in [-0.3, -0.25) is 4.79 Å². The number of amides is 1. The highest BCUT2D eigenvalue weighted by Crippen LogP contribution is 2.26. The van der Waals surface area contributed by atoms with Crippen molar-refractivity contribution in [2.75, 3.05) is 33.4 Å². The predicted molar refractivity (Wildman–Crippen MR) is 104 cm³/mol. The summed E-state index contributed by atoms with van der Waals surface area (Å²) in [7, 11) is 1.54. The van der Waals surface area contributed by atoms with Crippen LogP contribution >= 0.6 is 0 Å². The van der Waals surface area contributed by atoms with Gasteiger partial charge in [-0.2, -0.15) is 0 Å². The molecule has 0 radical (unpaired) electrons. The fourth-order valence-corrected chi connectivity index (χ4v) is 4.41. The van der Waals surface area contributed by atoms with Crippen LogP contribution in [0.1, 0.15) is 63.6 Å². The Balaban J connectivity index is 1.66. The normalized spacial score (nSPS) is 20.3. The largest absolute Gasteiger partial charge is 0.375 e. The fourth-order valence-electron chi connectivity index (χ4n) is 4.41. The Hall–Kier alpha value is -1.47. The number of ether oxygens (including phenoxy) is 1. The van der Waals surface area contributed by atoms with E-state index in [4.69, 9.17) is 4.74 Å². The third kappa shape index (κ3) is 5.29. The zero-order chi connectivity index (χ0) is 19.2. The van der Waals surface area contributed by atoms with Crippen molar-refractivity contribution in [3.05, 3.63) is 11.6 Å². The van der Waals surface area contributed by atoms with Gasteiger partial charge in [0.05, 0.1) is 6.04 Å². The standard InChI is InChI=1S/C20H35N5O2/c1-15(2)19(21-18(26)14-27-3)20-23-22-17-9-10-24(11-12-25(17)20)13-16-7-5-4-6-8-16/h15-16,19H,4-14H2,1-3H3,(H,21,26)/t19-/m0/s1. The number of nitrogens with one attached hydrogen (secondary N) is 1. The number of carbonyl (C=O) groups excluding carboxylic acids is 1. The summed E-state index contributed by atoms with van der Waals surface area (Å²) in [4.78, 5) is 14.7. The summed E-state index contributed by atoms with van der Waals surface area (Å²) in [6.45, 7) is 8.47. The Morgan fingerprint density at radius 2 is 1.96 bits per heavy atom. The maximum Gasteiger partial charge on any atom is 0.246 e. The first-order valence-electron chi connectivity index (χ1n) is 10.5. The topological polar surface area (TPSA) is 72.3 Å². The highest BCUT2D eigenvalue weighted by molar-refractivity contribution is 5.77. The van der Waals surface area contributed by atoms with Gasteiger partial charge in [-0.1, -0.05) is 33.1 Å². The number of nitrogens with zero attached hydrogens (tertiary/aromatic N) is 4. The molecule has 152 valence electrons. The molecule has 3 rings (SSSR count). The lowest BCUT2D eigenvalue weighted by Crippen LogP contribution is -2.36. The molecule has 1 aliphatic carbocycles. The Bertz CT molecular complexity index is 610. The molecule has 1 atom stereocenters. The predicted octanol–water partition coefficient (Wildman–Crippen LogP) is 2.18. The van der Waals surface area contributed by atoms with Gasteiger partial charge in [-0.15, -0.1) is 10.2 Å². The third-order valence-electron chi connectivity index (χ3n) is 5.93. The zero-order valence-electron chi connectivity index (χ0n) is 17.1. The summed E-state index contributed by atoms with van der Waals surface area (Å²) in [5.41, 5.74) is 0. The summed E-state index contributed by atoms with van der Waals surface area (Å²) in [5.74, 6) is 2.91. The molecule has 2 aliphatic rings. The van der Waals surface area contributed by atoms with Gasteiger partial charge >= 0.3 is 0 Å². The third-order valence-corrected chi connectivity index (χ3v) is 5.93. The van der Waals surface area contributed by atoms with Crippen LogP contribution in [0.5, 0.6) is 0 Å². The maximum atomic E-state index is 12.1. The molecule has 0 spiro atoms. The molecule has 0 saturated heterocycles. The van der Waals surface area contributed by atoms with Crippen molar-refractivity contribution in [2.24, 2.45) is 11.8 Å². The molecule has 0 bridgehead atoms. The van der Waals surface area contributed by atoms with Gasteiger partial charge in [0.2, 0.25) is 5.91 Å². The molecule has 1 fully saturated rings. The highest BCUT2D eigenvalue weighted by atomic mass is 16.5. The van der Waals surface area contributed by atoms with Crippen LogP contribution in [0.2, 0.25) is 0 Å². The summed E-state index contributed by atoms with van der Waals surface area (Å²) in [6.07, 6.45) is 7.89. The first-order valence-corrected chi connectivity index (χ1v) is 10.5. The molecule has 7 nitrogen and oxygen atoms in total. The molecular weight excluding hydrogens is 342 g/mol. The van der Waals surface area contributed by atoms with Crippen LogP contribution in [-0.4, -0.2) is 58.9 Å². The Morgan fingerprint density at radius 3 is 2.67 bits per heavy atom. The number of hydrogen-bond donors (Lipinski definition) is 1. The van der Waals surface area contributed by atoms with Crippen LogP contribution in [0.4, 0.5) is 0 Å². The van der Waals surface area contributed by atoms with E-state index < -0.39 is 0 Å². The summed E-state index contributed by atoms with van der Waals surface area (Å²) >= 11 is 0. The molecule has 0 unspecified atom stereocenters. The van der Waals surface area contributed by atoms with Gasteiger partial charge in [0.15, 0.2) is 5.82 Å². The first kappa shape index (κ1) is 20.3. The summed E-state index contributed by atoms with van der Waals surface area (Å²) < 4.78 is 7.19. The van der Waals surface area contributed by atoms with Crippen molar-refractivity contribution >= 4 is 5.91 Å². The number of aromatic nitrogens is 3. The SMILES string of the molecule is COCC(=O)N[C@H](c1nnc2n1CCN(CC1CCCCC1)CC2)C(C)C. The lowest BCUT2D eigenvalue weighted by Gasteiger charge is -2.28. The molecular formula is C20H35N5O2. The van der Waals surface area contributed by atoms with Crippen molar-refractivity contribution in [3.63, 3.8) is 0 Å². The van der Waals surface area contributed by atoms with Gasteiger partial charge in [0.25, 0.3) is 0 Å². The van der Waals surface area contributed by atoms with E-state index in [0.29, 0.717) is 0 Å². The number of fused-ring (bicyclic) bond motifs is 1. The molecule has 1 aromatic heterocycles. The first-order chi connectivity index (χ1) is 13.1. The minimum absolute atomic E-state index is 0.0688. The van der Waals surface area contributed by atoms with Gasteiger partial charge in [-0.05, 0) is 24.7 Å². The van der Waals surface area contributed by atoms with Crippen molar-refractivity contribution in [1.29, 1.82) is 0 Å². The molecule has 2 heterocycles. The zero-order valence-corrected chi connectivity index (χ0v) is 17.1. The van der Waals surface area contributed by atoms with Crippen molar-refractivity contribution in [1.82, 2.24) is 25.0 Å². The van der Waals surface area contributed by atoms with E-state index in [-0.39, 0.29) is 24.5 Å². The Morgan fingerprint density at radius 1 is 1.19 bits per heavy atom. The van der Waals surface area contributed by atoms with E-state index in [2.05, 4.69) is 38.8 Å². The van der Waals surface area contributed by atoms with Crippen LogP contribution in [0, 0.1) is 11.8 Å². The van der Waals surface area contributed by atoms with Crippen molar-refractivity contribution in [2.45, 2.75) is 65.0 Å². The number of rotatable bonds is 7. The van der Waals surface area contributed by atoms with Crippen molar-refractivity contribution in [3.8, 4) is 0 Å². The molecule has 0 aromatic carbocycles. The molecule has 1 amide bonds. The molecule has 1 aromatic rings. The summed E-state index contributed by atoms with van der Waals surface area (Å²) in [5, 5.41) is 12.0. The molecule has 27 heavy (non-hydrogen) atoms. The minimum Gasteiger partial charge on any atom is -0.375 e. The quantitative estimate of drug-likeness (QED) is 0.788. The van der Waals surface area contributed by atoms with Crippen LogP contribution < -0.4 is 5.32 Å². The number of hydrogen-bond acceptors (Lipinski definition) is 5. The van der Waals surface area contributed by atoms with Gasteiger partial charge in [0, 0.05) is 39.7 Å². The van der Waals surface area contributed by atoms with E-state index in [9.17, 15) is 4.79 Å². The van der Waals surface area contributed by atoms with Gasteiger partial charge in [-0.25, -0.2) is 0 Å². The van der Waals surface area contributed by atoms with Crippen molar-refractivity contribution < 1.29 is 9.53 Å². The van der Waals surface area contributed by atoms with E-state index in [1.54, 1.807) is 0 Å². The molecule has 1 saturated carbocycles. The summed E-state index contributed by atoms with van der Waals surface area (Å²) in [6, 6.07) is -0.140. The van der Waals surface area contributed by atoms with Crippen LogP contribution in [-0.2, 0) is 22.5 Å². The molecule has 1 aliphatic heterocycles. The molecule has 1 N–H and O–H groups in total. The fraction of sp³-hybridized carbons (Fsp3) is 0.850. The second-order valence-corrected chi connectivity index (χ2v) is 8.40. The van der Waals surface area contributed by atoms with Gasteiger partial charge in [0.1, 0.15) is 12.4 Å². The van der Waals surface area contributed by atoms with E-state index in [1.165, 1.54) is 45.8 Å². The molecule has 7 heteroatoms. The van der Waals surface area contributed by atoms with Crippen LogP contribution in [0.3, 0.4) is 0 Å². The highest BCUT2D eigenvalue weighted by Gasteiger charge is 2.28. The number of methoxy groups -OCH3 is 1. The average molecular weight is 378 g/mol.